The van der Waals surface area contributed by atoms with Gasteiger partial charge in [-0.25, -0.2) is 0 Å². The molecule has 1 rings (SSSR count). The van der Waals surface area contributed by atoms with Gasteiger partial charge in [-0.3, -0.25) is 14.6 Å². The van der Waals surface area contributed by atoms with Crippen molar-refractivity contribution in [3.8, 4) is 0 Å². The number of carbonyl (C=O) groups is 2. The van der Waals surface area contributed by atoms with Crippen molar-refractivity contribution in [2.24, 2.45) is 0 Å². The summed E-state index contributed by atoms with van der Waals surface area (Å²) in [4.78, 5) is 25.6. The number of carboxylic acid groups (broad SMARTS) is 1. The molecule has 0 saturated heterocycles. The van der Waals surface area contributed by atoms with Gasteiger partial charge in [-0.2, -0.15) is 0 Å². The second-order valence-electron chi connectivity index (χ2n) is 3.74. The van der Waals surface area contributed by atoms with Crippen LogP contribution in [0.3, 0.4) is 0 Å². The third-order valence-electron chi connectivity index (χ3n) is 2.23. The van der Waals surface area contributed by atoms with Crippen molar-refractivity contribution in [3.05, 3.63) is 30.1 Å². The van der Waals surface area contributed by atoms with Crippen LogP contribution in [-0.4, -0.2) is 28.5 Å². The second-order valence-corrected chi connectivity index (χ2v) is 3.74. The van der Waals surface area contributed by atoms with Crippen molar-refractivity contribution in [1.29, 1.82) is 0 Å². The Hall–Kier alpha value is -1.91. The molecule has 92 valence electrons. The first-order valence-electron chi connectivity index (χ1n) is 5.56. The van der Waals surface area contributed by atoms with E-state index in [0.717, 1.165) is 5.56 Å². The van der Waals surface area contributed by atoms with Crippen LogP contribution in [0.1, 0.15) is 24.8 Å². The summed E-state index contributed by atoms with van der Waals surface area (Å²) in [6.45, 7) is 0.520. The van der Waals surface area contributed by atoms with Gasteiger partial charge in [-0.1, -0.05) is 6.07 Å². The van der Waals surface area contributed by atoms with E-state index in [0.29, 0.717) is 25.8 Å². The number of aliphatic carboxylic acids is 1. The number of hydrogen-bond acceptors (Lipinski definition) is 3. The minimum atomic E-state index is -0.799. The molecule has 1 aromatic rings. The minimum Gasteiger partial charge on any atom is -0.481 e. The fourth-order valence-electron chi connectivity index (χ4n) is 1.38. The van der Waals surface area contributed by atoms with E-state index in [-0.39, 0.29) is 12.3 Å². The summed E-state index contributed by atoms with van der Waals surface area (Å²) < 4.78 is 0. The van der Waals surface area contributed by atoms with Crippen molar-refractivity contribution in [1.82, 2.24) is 10.3 Å². The van der Waals surface area contributed by atoms with Crippen LogP contribution in [0, 0.1) is 0 Å². The number of pyridine rings is 1. The van der Waals surface area contributed by atoms with Crippen LogP contribution in [-0.2, 0) is 16.0 Å². The summed E-state index contributed by atoms with van der Waals surface area (Å²) in [5, 5.41) is 11.2. The molecule has 1 aromatic heterocycles. The number of carboxylic acids is 1. The van der Waals surface area contributed by atoms with Crippen molar-refractivity contribution < 1.29 is 14.7 Å². The Bertz CT molecular complexity index is 365. The Morgan fingerprint density at radius 2 is 2.18 bits per heavy atom. The van der Waals surface area contributed by atoms with Gasteiger partial charge in [-0.15, -0.1) is 0 Å². The van der Waals surface area contributed by atoms with Crippen molar-refractivity contribution >= 4 is 11.9 Å². The maximum Gasteiger partial charge on any atom is 0.303 e. The van der Waals surface area contributed by atoms with Crippen LogP contribution in [0.25, 0.3) is 0 Å². The number of aromatic nitrogens is 1. The van der Waals surface area contributed by atoms with Crippen molar-refractivity contribution in [2.45, 2.75) is 25.7 Å². The maximum absolute atomic E-state index is 11.5. The molecule has 0 aliphatic rings. The highest BCUT2D eigenvalue weighted by Crippen LogP contribution is 1.97. The molecule has 0 saturated carbocycles. The second kappa shape index (κ2) is 7.38. The molecule has 2 N–H and O–H groups in total. The third kappa shape index (κ3) is 6.29. The summed E-state index contributed by atoms with van der Waals surface area (Å²) in [5.41, 5.74) is 0.871. The van der Waals surface area contributed by atoms with Crippen molar-refractivity contribution in [2.75, 3.05) is 6.54 Å². The van der Waals surface area contributed by atoms with E-state index >= 15 is 0 Å². The van der Waals surface area contributed by atoms with E-state index in [1.807, 2.05) is 6.07 Å². The number of unbranched alkanes of at least 4 members (excludes halogenated alkanes) is 1. The Labute approximate surface area is 99.9 Å². The van der Waals surface area contributed by atoms with Gasteiger partial charge < -0.3 is 10.4 Å². The van der Waals surface area contributed by atoms with Crippen LogP contribution >= 0.6 is 0 Å². The number of nitrogens with zero attached hydrogens (tertiary/aromatic N) is 1. The molecule has 0 fully saturated rings. The minimum absolute atomic E-state index is 0.0617. The fraction of sp³-hybridized carbons (Fsp3) is 0.417. The average molecular weight is 236 g/mol. The van der Waals surface area contributed by atoms with E-state index < -0.39 is 5.97 Å². The summed E-state index contributed by atoms with van der Waals surface area (Å²) in [6.07, 6.45) is 5.05. The number of hydrogen-bond donors (Lipinski definition) is 2. The highest BCUT2D eigenvalue weighted by Gasteiger charge is 2.02. The molecule has 0 atom stereocenters. The Morgan fingerprint density at radius 3 is 2.82 bits per heavy atom. The highest BCUT2D eigenvalue weighted by molar-refractivity contribution is 5.78. The highest BCUT2D eigenvalue weighted by atomic mass is 16.4. The van der Waals surface area contributed by atoms with E-state index in [9.17, 15) is 9.59 Å². The summed E-state index contributed by atoms with van der Waals surface area (Å²) in [5.74, 6) is -0.861. The van der Waals surface area contributed by atoms with Gasteiger partial charge in [0.2, 0.25) is 5.91 Å². The summed E-state index contributed by atoms with van der Waals surface area (Å²) >= 11 is 0. The van der Waals surface area contributed by atoms with Gasteiger partial charge in [0, 0.05) is 25.4 Å². The molecule has 0 aromatic carbocycles. The number of carbonyl (C=O) groups excluding carboxylic acids is 1. The zero-order valence-corrected chi connectivity index (χ0v) is 9.56. The molecule has 0 aliphatic heterocycles. The first-order valence-corrected chi connectivity index (χ1v) is 5.56. The predicted molar refractivity (Wildman–Crippen MR) is 62.4 cm³/mol. The maximum atomic E-state index is 11.5. The quantitative estimate of drug-likeness (QED) is 0.692. The van der Waals surface area contributed by atoms with Crippen LogP contribution in [0.5, 0.6) is 0 Å². The van der Waals surface area contributed by atoms with Crippen LogP contribution in [0.2, 0.25) is 0 Å². The molecule has 0 radical (unpaired) electrons. The Kier molecular flexibility index (Phi) is 5.71. The Balaban J connectivity index is 2.12. The monoisotopic (exact) mass is 236 g/mol. The number of nitrogens with one attached hydrogen (secondary N) is 1. The molecule has 0 unspecified atom stereocenters. The molecule has 0 bridgehead atoms. The molecule has 1 heterocycles. The lowest BCUT2D eigenvalue weighted by atomic mass is 10.2. The summed E-state index contributed by atoms with van der Waals surface area (Å²) in [7, 11) is 0. The topological polar surface area (TPSA) is 79.3 Å². The van der Waals surface area contributed by atoms with Crippen LogP contribution in [0.4, 0.5) is 0 Å². The lowest BCUT2D eigenvalue weighted by Crippen LogP contribution is -2.26. The fourth-order valence-corrected chi connectivity index (χ4v) is 1.38. The van der Waals surface area contributed by atoms with E-state index in [4.69, 9.17) is 5.11 Å². The lowest BCUT2D eigenvalue weighted by molar-refractivity contribution is -0.137. The SMILES string of the molecule is O=C(O)CCCCNC(=O)Cc1cccnc1. The zero-order chi connectivity index (χ0) is 12.5. The van der Waals surface area contributed by atoms with Gasteiger partial charge in [0.25, 0.3) is 0 Å². The van der Waals surface area contributed by atoms with Crippen molar-refractivity contribution in [3.63, 3.8) is 0 Å². The lowest BCUT2D eigenvalue weighted by Gasteiger charge is -2.04. The number of amides is 1. The molecule has 17 heavy (non-hydrogen) atoms. The van der Waals surface area contributed by atoms with Crippen LogP contribution in [0.15, 0.2) is 24.5 Å². The zero-order valence-electron chi connectivity index (χ0n) is 9.56. The normalized spacial score (nSPS) is 9.88. The molecule has 0 aliphatic carbocycles. The molecule has 0 spiro atoms. The molecule has 5 nitrogen and oxygen atoms in total. The molecular formula is C12H16N2O3. The standard InChI is InChI=1S/C12H16N2O3/c15-11(8-10-4-3-6-13-9-10)14-7-2-1-5-12(16)17/h3-4,6,9H,1-2,5,7-8H2,(H,14,15)(H,16,17). The predicted octanol–water partition coefficient (Wildman–Crippen LogP) is 0.995. The first kappa shape index (κ1) is 13.2. The smallest absolute Gasteiger partial charge is 0.303 e. The third-order valence-corrected chi connectivity index (χ3v) is 2.23. The van der Waals surface area contributed by atoms with E-state index in [1.54, 1.807) is 18.5 Å². The van der Waals surface area contributed by atoms with Gasteiger partial charge in [-0.05, 0) is 24.5 Å². The molecular weight excluding hydrogens is 220 g/mol. The number of rotatable bonds is 7. The summed E-state index contributed by atoms with van der Waals surface area (Å²) in [6, 6.07) is 3.63. The molecule has 1 amide bonds. The van der Waals surface area contributed by atoms with Gasteiger partial charge in [0.15, 0.2) is 0 Å². The van der Waals surface area contributed by atoms with Crippen LogP contribution < -0.4 is 5.32 Å². The average Bonchev–Trinajstić information content (AvgIpc) is 2.29. The largest absolute Gasteiger partial charge is 0.481 e. The first-order chi connectivity index (χ1) is 8.18. The van der Waals surface area contributed by atoms with Gasteiger partial charge in [0.05, 0.1) is 6.42 Å². The van der Waals surface area contributed by atoms with E-state index in [1.165, 1.54) is 0 Å². The Morgan fingerprint density at radius 1 is 1.35 bits per heavy atom. The van der Waals surface area contributed by atoms with Gasteiger partial charge in [0.1, 0.15) is 0 Å². The molecule has 5 heteroatoms. The van der Waals surface area contributed by atoms with Gasteiger partial charge >= 0.3 is 5.97 Å². The van der Waals surface area contributed by atoms with E-state index in [2.05, 4.69) is 10.3 Å².